The van der Waals surface area contributed by atoms with Gasteiger partial charge in [0, 0.05) is 22.8 Å². The number of benzene rings is 1. The van der Waals surface area contributed by atoms with E-state index < -0.39 is 5.97 Å². The third-order valence-electron chi connectivity index (χ3n) is 3.45. The van der Waals surface area contributed by atoms with Crippen LogP contribution in [0.4, 0.5) is 11.4 Å². The maximum Gasteiger partial charge on any atom is 0.340 e. The Hall–Kier alpha value is -2.01. The molecule has 0 atom stereocenters. The third kappa shape index (κ3) is 3.36. The average Bonchev–Trinajstić information content (AvgIpc) is 2.99. The summed E-state index contributed by atoms with van der Waals surface area (Å²) in [5.74, 6) is -0.398. The second kappa shape index (κ2) is 6.63. The maximum absolute atomic E-state index is 11.8. The monoisotopic (exact) mass is 304 g/mol. The molecule has 0 radical (unpaired) electrons. The van der Waals surface area contributed by atoms with Gasteiger partial charge in [-0.25, -0.2) is 4.79 Å². The van der Waals surface area contributed by atoms with E-state index in [1.807, 2.05) is 25.1 Å². The van der Waals surface area contributed by atoms with E-state index in [2.05, 4.69) is 23.3 Å². The van der Waals surface area contributed by atoms with Crippen molar-refractivity contribution in [3.8, 4) is 0 Å². The minimum absolute atomic E-state index is 0.398. The highest BCUT2D eigenvalue weighted by atomic mass is 32.1. The summed E-state index contributed by atoms with van der Waals surface area (Å²) in [6, 6.07) is 7.98. The van der Waals surface area contributed by atoms with E-state index in [9.17, 15) is 4.79 Å². The fourth-order valence-corrected chi connectivity index (χ4v) is 2.94. The van der Waals surface area contributed by atoms with Crippen LogP contribution in [0.2, 0.25) is 0 Å². The predicted molar refractivity (Wildman–Crippen MR) is 88.0 cm³/mol. The van der Waals surface area contributed by atoms with Crippen molar-refractivity contribution in [2.45, 2.75) is 20.4 Å². The molecule has 0 aliphatic carbocycles. The fourth-order valence-electron chi connectivity index (χ4n) is 2.22. The number of anilines is 2. The van der Waals surface area contributed by atoms with Crippen LogP contribution in [0.5, 0.6) is 0 Å². The quantitative estimate of drug-likeness (QED) is 0.679. The Kier molecular flexibility index (Phi) is 4.85. The van der Waals surface area contributed by atoms with Crippen LogP contribution in [-0.4, -0.2) is 19.6 Å². The molecule has 4 nitrogen and oxygen atoms in total. The highest BCUT2D eigenvalue weighted by Gasteiger charge is 2.16. The van der Waals surface area contributed by atoms with E-state index in [0.29, 0.717) is 11.3 Å². The molecule has 0 aliphatic rings. The Labute approximate surface area is 129 Å². The van der Waals surface area contributed by atoms with Crippen LogP contribution < -0.4 is 10.6 Å². The van der Waals surface area contributed by atoms with Gasteiger partial charge < -0.3 is 15.4 Å². The first-order valence-electron chi connectivity index (χ1n) is 6.82. The molecule has 0 saturated carbocycles. The Morgan fingerprint density at radius 2 is 2.19 bits per heavy atom. The molecular formula is C16H20N2O2S. The maximum atomic E-state index is 11.8. The number of rotatable bonds is 5. The number of esters is 1. The van der Waals surface area contributed by atoms with Gasteiger partial charge in [0.2, 0.25) is 0 Å². The van der Waals surface area contributed by atoms with Gasteiger partial charge in [0.05, 0.1) is 19.2 Å². The molecule has 1 aromatic heterocycles. The van der Waals surface area contributed by atoms with E-state index in [-0.39, 0.29) is 0 Å². The number of carbonyl (C=O) groups is 1. The van der Waals surface area contributed by atoms with Gasteiger partial charge in [-0.1, -0.05) is 6.07 Å². The van der Waals surface area contributed by atoms with Crippen molar-refractivity contribution in [3.05, 3.63) is 45.6 Å². The number of hydrogen-bond donors (Lipinski definition) is 1. The lowest BCUT2D eigenvalue weighted by atomic mass is 10.1. The van der Waals surface area contributed by atoms with Gasteiger partial charge in [0.15, 0.2) is 0 Å². The van der Waals surface area contributed by atoms with Gasteiger partial charge in [0.25, 0.3) is 0 Å². The first-order valence-corrected chi connectivity index (χ1v) is 7.70. The zero-order valence-corrected chi connectivity index (χ0v) is 13.4. The second-order valence-corrected chi connectivity index (χ2v) is 5.84. The largest absolute Gasteiger partial charge is 0.465 e. The number of carbonyl (C=O) groups excluding carboxylic acids is 1. The van der Waals surface area contributed by atoms with Crippen LogP contribution in [-0.2, 0) is 11.3 Å². The number of ether oxygens (including phenoxy) is 1. The average molecular weight is 304 g/mol. The number of nitrogen functional groups attached to an aromatic ring is 1. The van der Waals surface area contributed by atoms with Crippen LogP contribution in [0.15, 0.2) is 29.6 Å². The lowest BCUT2D eigenvalue weighted by molar-refractivity contribution is 0.0602. The summed E-state index contributed by atoms with van der Waals surface area (Å²) in [7, 11) is 1.37. The number of nitrogens with zero attached hydrogens (tertiary/aromatic N) is 1. The molecule has 0 saturated heterocycles. The highest BCUT2D eigenvalue weighted by Crippen LogP contribution is 2.27. The lowest BCUT2D eigenvalue weighted by Gasteiger charge is -2.24. The van der Waals surface area contributed by atoms with Crippen LogP contribution in [0.1, 0.15) is 27.7 Å². The normalized spacial score (nSPS) is 10.4. The zero-order valence-electron chi connectivity index (χ0n) is 12.6. The Bertz CT molecular complexity index is 623. The molecule has 112 valence electrons. The van der Waals surface area contributed by atoms with Gasteiger partial charge in [-0.15, -0.1) is 11.3 Å². The van der Waals surface area contributed by atoms with Crippen LogP contribution in [0.25, 0.3) is 0 Å². The van der Waals surface area contributed by atoms with Crippen molar-refractivity contribution in [2.75, 3.05) is 24.3 Å². The van der Waals surface area contributed by atoms with E-state index in [4.69, 9.17) is 10.5 Å². The smallest absolute Gasteiger partial charge is 0.340 e. The minimum Gasteiger partial charge on any atom is -0.465 e. The van der Waals surface area contributed by atoms with Gasteiger partial charge in [-0.3, -0.25) is 0 Å². The van der Waals surface area contributed by atoms with Crippen molar-refractivity contribution in [1.82, 2.24) is 0 Å². The van der Waals surface area contributed by atoms with E-state index >= 15 is 0 Å². The van der Waals surface area contributed by atoms with Crippen molar-refractivity contribution in [1.29, 1.82) is 0 Å². The molecule has 0 amide bonds. The minimum atomic E-state index is -0.398. The summed E-state index contributed by atoms with van der Waals surface area (Å²) in [6.07, 6.45) is 0. The van der Waals surface area contributed by atoms with Gasteiger partial charge in [-0.05, 0) is 43.0 Å². The summed E-state index contributed by atoms with van der Waals surface area (Å²) >= 11 is 1.73. The first kappa shape index (κ1) is 15.4. The molecule has 0 aliphatic heterocycles. The van der Waals surface area contributed by atoms with E-state index in [1.165, 1.54) is 12.0 Å². The van der Waals surface area contributed by atoms with Gasteiger partial charge >= 0.3 is 5.97 Å². The standard InChI is InChI=1S/C16H20N2O2S/c1-4-18(10-13-6-5-7-21-13)12-8-11(2)15(17)14(9-12)16(19)20-3/h5-9H,4,10,17H2,1-3H3. The molecule has 5 heteroatoms. The van der Waals surface area contributed by atoms with Crippen molar-refractivity contribution in [3.63, 3.8) is 0 Å². The number of hydrogen-bond acceptors (Lipinski definition) is 5. The van der Waals surface area contributed by atoms with Gasteiger partial charge in [-0.2, -0.15) is 0 Å². The Morgan fingerprint density at radius 1 is 1.43 bits per heavy atom. The highest BCUT2D eigenvalue weighted by molar-refractivity contribution is 7.09. The molecule has 1 aromatic carbocycles. The number of aryl methyl sites for hydroxylation is 1. The molecule has 2 rings (SSSR count). The molecule has 0 fully saturated rings. The summed E-state index contributed by atoms with van der Waals surface area (Å²) in [4.78, 5) is 15.3. The fraction of sp³-hybridized carbons (Fsp3) is 0.312. The Morgan fingerprint density at radius 3 is 2.76 bits per heavy atom. The molecule has 2 N–H and O–H groups in total. The summed E-state index contributed by atoms with van der Waals surface area (Å²) in [5.41, 5.74) is 8.77. The number of methoxy groups -OCH3 is 1. The summed E-state index contributed by atoms with van der Waals surface area (Å²) in [6.45, 7) is 5.67. The Balaban J connectivity index is 2.37. The van der Waals surface area contributed by atoms with Crippen LogP contribution in [0, 0.1) is 6.92 Å². The third-order valence-corrected chi connectivity index (χ3v) is 4.31. The topological polar surface area (TPSA) is 55.6 Å². The molecular weight excluding hydrogens is 284 g/mol. The molecule has 2 aromatic rings. The molecule has 21 heavy (non-hydrogen) atoms. The molecule has 0 unspecified atom stereocenters. The van der Waals surface area contributed by atoms with Crippen molar-refractivity contribution >= 4 is 28.7 Å². The van der Waals surface area contributed by atoms with E-state index in [0.717, 1.165) is 24.3 Å². The molecule has 1 heterocycles. The van der Waals surface area contributed by atoms with Crippen LogP contribution in [0.3, 0.4) is 0 Å². The predicted octanol–water partition coefficient (Wildman–Crippen LogP) is 3.45. The van der Waals surface area contributed by atoms with Crippen molar-refractivity contribution in [2.24, 2.45) is 0 Å². The first-order chi connectivity index (χ1) is 10.1. The molecule has 0 spiro atoms. The second-order valence-electron chi connectivity index (χ2n) is 4.81. The summed E-state index contributed by atoms with van der Waals surface area (Å²) < 4.78 is 4.81. The zero-order chi connectivity index (χ0) is 15.4. The van der Waals surface area contributed by atoms with Crippen molar-refractivity contribution < 1.29 is 9.53 Å². The lowest BCUT2D eigenvalue weighted by Crippen LogP contribution is -2.22. The summed E-state index contributed by atoms with van der Waals surface area (Å²) in [5, 5.41) is 2.07. The van der Waals surface area contributed by atoms with Gasteiger partial charge in [0.1, 0.15) is 0 Å². The van der Waals surface area contributed by atoms with E-state index in [1.54, 1.807) is 11.3 Å². The number of thiophene rings is 1. The molecule has 0 bridgehead atoms. The van der Waals surface area contributed by atoms with Crippen LogP contribution >= 0.6 is 11.3 Å². The number of nitrogens with two attached hydrogens (primary N) is 1. The SMILES string of the molecule is CCN(Cc1cccs1)c1cc(C)c(N)c(C(=O)OC)c1.